The van der Waals surface area contributed by atoms with Crippen molar-refractivity contribution >= 4 is 11.3 Å². The summed E-state index contributed by atoms with van der Waals surface area (Å²) in [5, 5.41) is 5.65. The number of likely N-dealkylation sites (N-methyl/N-ethyl adjacent to an activating group) is 1. The first-order valence-corrected chi connectivity index (χ1v) is 6.61. The fourth-order valence-electron chi connectivity index (χ4n) is 2.29. The molecule has 82 valence electrons. The Hall–Kier alpha value is -0.600. The maximum Gasteiger partial charge on any atom is 0.0630 e. The number of hydrogen-bond donors (Lipinski definition) is 1. The smallest absolute Gasteiger partial charge is 0.0630 e. The van der Waals surface area contributed by atoms with E-state index in [4.69, 9.17) is 0 Å². The van der Waals surface area contributed by atoms with Crippen LogP contribution in [0.25, 0.3) is 0 Å². The average Bonchev–Trinajstić information content (AvgIpc) is 2.68. The average molecular weight is 221 g/mol. The Labute approximate surface area is 96.2 Å². The van der Waals surface area contributed by atoms with Gasteiger partial charge in [0.25, 0.3) is 0 Å². The van der Waals surface area contributed by atoms with Crippen LogP contribution in [0.4, 0.5) is 0 Å². The van der Waals surface area contributed by atoms with Gasteiger partial charge in [-0.3, -0.25) is 0 Å². The van der Waals surface area contributed by atoms with Crippen LogP contribution in [0.3, 0.4) is 0 Å². The minimum absolute atomic E-state index is 0.463. The van der Waals surface area contributed by atoms with Gasteiger partial charge in [-0.2, -0.15) is 0 Å². The standard InChI is InChI=1S/C13H19NS/c1-10-8-9-15-13(10)12(14-2)11-6-4-3-5-7-11/h6,8-9,12,14H,3-5,7H2,1-2H3. The third kappa shape index (κ3) is 2.32. The molecule has 1 aromatic rings. The normalized spacial score (nSPS) is 18.7. The zero-order chi connectivity index (χ0) is 10.7. The predicted octanol–water partition coefficient (Wildman–Crippen LogP) is 3.82. The quantitative estimate of drug-likeness (QED) is 0.765. The largest absolute Gasteiger partial charge is 0.309 e. The molecule has 1 atom stereocenters. The molecular formula is C13H19NS. The van der Waals surface area contributed by atoms with Crippen molar-refractivity contribution in [1.29, 1.82) is 0 Å². The molecule has 1 aliphatic carbocycles. The van der Waals surface area contributed by atoms with Crippen molar-refractivity contribution in [2.24, 2.45) is 0 Å². The summed E-state index contributed by atoms with van der Waals surface area (Å²) in [5.74, 6) is 0. The van der Waals surface area contributed by atoms with E-state index in [1.165, 1.54) is 36.1 Å². The lowest BCUT2D eigenvalue weighted by Gasteiger charge is -2.22. The van der Waals surface area contributed by atoms with E-state index in [-0.39, 0.29) is 0 Å². The highest BCUT2D eigenvalue weighted by atomic mass is 32.1. The van der Waals surface area contributed by atoms with Crippen LogP contribution in [0.15, 0.2) is 23.1 Å². The summed E-state index contributed by atoms with van der Waals surface area (Å²) in [6, 6.07) is 2.68. The molecule has 1 nitrogen and oxygen atoms in total. The second-order valence-electron chi connectivity index (χ2n) is 4.21. The van der Waals surface area contributed by atoms with Crippen LogP contribution < -0.4 is 5.32 Å². The van der Waals surface area contributed by atoms with Crippen LogP contribution >= 0.6 is 11.3 Å². The summed E-state index contributed by atoms with van der Waals surface area (Å²) in [7, 11) is 2.07. The van der Waals surface area contributed by atoms with Gasteiger partial charge in [0.1, 0.15) is 0 Å². The van der Waals surface area contributed by atoms with Crippen LogP contribution in [-0.2, 0) is 0 Å². The first kappa shape index (κ1) is 10.9. The molecule has 0 spiro atoms. The van der Waals surface area contributed by atoms with Crippen molar-refractivity contribution in [3.05, 3.63) is 33.5 Å². The first-order valence-electron chi connectivity index (χ1n) is 5.73. The summed E-state index contributed by atoms with van der Waals surface area (Å²) in [6.07, 6.45) is 7.68. The monoisotopic (exact) mass is 221 g/mol. The molecule has 15 heavy (non-hydrogen) atoms. The maximum atomic E-state index is 3.46. The highest BCUT2D eigenvalue weighted by molar-refractivity contribution is 7.10. The zero-order valence-corrected chi connectivity index (χ0v) is 10.4. The molecule has 0 fully saturated rings. The van der Waals surface area contributed by atoms with E-state index in [2.05, 4.69) is 36.8 Å². The Kier molecular flexibility index (Phi) is 3.60. The highest BCUT2D eigenvalue weighted by Crippen LogP contribution is 2.33. The number of thiophene rings is 1. The van der Waals surface area contributed by atoms with Gasteiger partial charge in [-0.15, -0.1) is 11.3 Å². The van der Waals surface area contributed by atoms with E-state index >= 15 is 0 Å². The third-order valence-electron chi connectivity index (χ3n) is 3.15. The molecule has 2 rings (SSSR count). The summed E-state index contributed by atoms with van der Waals surface area (Å²) in [6.45, 7) is 2.21. The molecule has 1 unspecified atom stereocenters. The Balaban J connectivity index is 2.24. The number of nitrogens with one attached hydrogen (secondary N) is 1. The van der Waals surface area contributed by atoms with Crippen molar-refractivity contribution < 1.29 is 0 Å². The maximum absolute atomic E-state index is 3.46. The Morgan fingerprint density at radius 3 is 2.80 bits per heavy atom. The van der Waals surface area contributed by atoms with Gasteiger partial charge in [0.15, 0.2) is 0 Å². The van der Waals surface area contributed by atoms with Crippen LogP contribution in [0.1, 0.15) is 42.2 Å². The van der Waals surface area contributed by atoms with Crippen molar-refractivity contribution in [2.45, 2.75) is 38.6 Å². The molecule has 0 radical (unpaired) electrons. The molecule has 1 heterocycles. The molecule has 1 N–H and O–H groups in total. The number of allylic oxidation sites excluding steroid dienone is 1. The molecular weight excluding hydrogens is 202 g/mol. The molecule has 1 aromatic heterocycles. The van der Waals surface area contributed by atoms with E-state index in [9.17, 15) is 0 Å². The number of rotatable bonds is 3. The van der Waals surface area contributed by atoms with Gasteiger partial charge in [0.2, 0.25) is 0 Å². The summed E-state index contributed by atoms with van der Waals surface area (Å²) in [5.41, 5.74) is 3.01. The van der Waals surface area contributed by atoms with Gasteiger partial charge in [-0.25, -0.2) is 0 Å². The van der Waals surface area contributed by atoms with Crippen molar-refractivity contribution in [3.8, 4) is 0 Å². The minimum Gasteiger partial charge on any atom is -0.309 e. The van der Waals surface area contributed by atoms with Crippen LogP contribution in [0.2, 0.25) is 0 Å². The SMILES string of the molecule is CNC(C1=CCCCC1)c1sccc1C. The van der Waals surface area contributed by atoms with Crippen LogP contribution in [0.5, 0.6) is 0 Å². The van der Waals surface area contributed by atoms with Crippen molar-refractivity contribution in [1.82, 2.24) is 5.32 Å². The van der Waals surface area contributed by atoms with Crippen molar-refractivity contribution in [2.75, 3.05) is 7.05 Å². The van der Waals surface area contributed by atoms with E-state index in [1.807, 2.05) is 11.3 Å². The van der Waals surface area contributed by atoms with Crippen LogP contribution in [-0.4, -0.2) is 7.05 Å². The van der Waals surface area contributed by atoms with Gasteiger partial charge in [0, 0.05) is 4.88 Å². The molecule has 0 aromatic carbocycles. The first-order chi connectivity index (χ1) is 7.33. The molecule has 0 saturated heterocycles. The predicted molar refractivity (Wildman–Crippen MR) is 67.4 cm³/mol. The second kappa shape index (κ2) is 4.95. The van der Waals surface area contributed by atoms with Gasteiger partial charge >= 0.3 is 0 Å². The zero-order valence-electron chi connectivity index (χ0n) is 9.55. The molecule has 0 amide bonds. The lowest BCUT2D eigenvalue weighted by atomic mass is 9.92. The molecule has 0 aliphatic heterocycles. The van der Waals surface area contributed by atoms with Crippen LogP contribution in [0, 0.1) is 6.92 Å². The highest BCUT2D eigenvalue weighted by Gasteiger charge is 2.18. The summed E-state index contributed by atoms with van der Waals surface area (Å²) in [4.78, 5) is 1.49. The van der Waals surface area contributed by atoms with E-state index in [0.717, 1.165) is 0 Å². The van der Waals surface area contributed by atoms with Gasteiger partial charge in [-0.1, -0.05) is 11.6 Å². The summed E-state index contributed by atoms with van der Waals surface area (Å²) < 4.78 is 0. The molecule has 2 heteroatoms. The fourth-order valence-corrected chi connectivity index (χ4v) is 3.37. The Morgan fingerprint density at radius 1 is 1.40 bits per heavy atom. The minimum atomic E-state index is 0.463. The topological polar surface area (TPSA) is 12.0 Å². The van der Waals surface area contributed by atoms with E-state index in [0.29, 0.717) is 6.04 Å². The summed E-state index contributed by atoms with van der Waals surface area (Å²) >= 11 is 1.87. The Morgan fingerprint density at radius 2 is 2.27 bits per heavy atom. The van der Waals surface area contributed by atoms with E-state index in [1.54, 1.807) is 5.57 Å². The number of hydrogen-bond acceptors (Lipinski definition) is 2. The molecule has 0 saturated carbocycles. The lowest BCUT2D eigenvalue weighted by Crippen LogP contribution is -2.19. The Bertz CT molecular complexity index is 351. The number of aryl methyl sites for hydroxylation is 1. The van der Waals surface area contributed by atoms with Gasteiger partial charge in [0.05, 0.1) is 6.04 Å². The third-order valence-corrected chi connectivity index (χ3v) is 4.23. The van der Waals surface area contributed by atoms with Gasteiger partial charge < -0.3 is 5.32 Å². The van der Waals surface area contributed by atoms with Crippen molar-refractivity contribution in [3.63, 3.8) is 0 Å². The second-order valence-corrected chi connectivity index (χ2v) is 5.16. The molecule has 1 aliphatic rings. The fraction of sp³-hybridized carbons (Fsp3) is 0.538. The lowest BCUT2D eigenvalue weighted by molar-refractivity contribution is 0.597. The van der Waals surface area contributed by atoms with Gasteiger partial charge in [-0.05, 0) is 56.7 Å². The molecule has 0 bridgehead atoms. The van der Waals surface area contributed by atoms with E-state index < -0.39 is 0 Å².